The van der Waals surface area contributed by atoms with Crippen LogP contribution < -0.4 is 4.74 Å². The Hall–Kier alpha value is -3.16. The Morgan fingerprint density at radius 3 is 2.83 bits per heavy atom. The number of ether oxygens (including phenoxy) is 1. The zero-order chi connectivity index (χ0) is 20.2. The molecule has 8 nitrogen and oxygen atoms in total. The SMILES string of the molecule is CC(C)n1cc2c(n1)C(=O)CC1(CCN(C(=O)c3ccc4cn[nH]c4c3)CC1)O2. The highest BCUT2D eigenvalue weighted by molar-refractivity contribution is 5.99. The highest BCUT2D eigenvalue weighted by Gasteiger charge is 2.45. The Morgan fingerprint density at radius 1 is 1.28 bits per heavy atom. The molecule has 0 atom stereocenters. The second-order valence-electron chi connectivity index (χ2n) is 8.26. The van der Waals surface area contributed by atoms with Crippen LogP contribution in [-0.2, 0) is 0 Å². The summed E-state index contributed by atoms with van der Waals surface area (Å²) in [7, 11) is 0. The van der Waals surface area contributed by atoms with Gasteiger partial charge in [0.25, 0.3) is 5.91 Å². The van der Waals surface area contributed by atoms with Gasteiger partial charge in [0.05, 0.1) is 24.3 Å². The number of H-pyrrole nitrogens is 1. The number of aromatic amines is 1. The lowest BCUT2D eigenvalue weighted by molar-refractivity contribution is -0.00583. The summed E-state index contributed by atoms with van der Waals surface area (Å²) in [5.41, 5.74) is 1.37. The molecule has 1 spiro atoms. The predicted molar refractivity (Wildman–Crippen MR) is 106 cm³/mol. The lowest BCUT2D eigenvalue weighted by atomic mass is 9.83. The first kappa shape index (κ1) is 17.9. The van der Waals surface area contributed by atoms with Crippen molar-refractivity contribution in [3.63, 3.8) is 0 Å². The number of piperidine rings is 1. The Balaban J connectivity index is 1.31. The highest BCUT2D eigenvalue weighted by atomic mass is 16.5. The molecular weight excluding hydrogens is 370 g/mol. The molecule has 3 aromatic rings. The van der Waals surface area contributed by atoms with Crippen LogP contribution >= 0.6 is 0 Å². The smallest absolute Gasteiger partial charge is 0.253 e. The number of hydrogen-bond acceptors (Lipinski definition) is 5. The molecule has 29 heavy (non-hydrogen) atoms. The molecule has 150 valence electrons. The van der Waals surface area contributed by atoms with E-state index in [2.05, 4.69) is 15.3 Å². The molecule has 2 aromatic heterocycles. The van der Waals surface area contributed by atoms with E-state index in [0.717, 1.165) is 10.9 Å². The van der Waals surface area contributed by atoms with Gasteiger partial charge in [-0.2, -0.15) is 10.2 Å². The Morgan fingerprint density at radius 2 is 2.07 bits per heavy atom. The van der Waals surface area contributed by atoms with Gasteiger partial charge in [0.15, 0.2) is 17.2 Å². The molecular formula is C21H23N5O3. The molecule has 0 radical (unpaired) electrons. The van der Waals surface area contributed by atoms with Crippen LogP contribution in [0.15, 0.2) is 30.6 Å². The van der Waals surface area contributed by atoms with Crippen LogP contribution in [0.5, 0.6) is 5.75 Å². The summed E-state index contributed by atoms with van der Waals surface area (Å²) >= 11 is 0. The van der Waals surface area contributed by atoms with E-state index in [1.807, 2.05) is 43.1 Å². The summed E-state index contributed by atoms with van der Waals surface area (Å²) in [5, 5.41) is 12.3. The van der Waals surface area contributed by atoms with E-state index < -0.39 is 5.60 Å². The highest BCUT2D eigenvalue weighted by Crippen LogP contribution is 2.39. The molecule has 0 aliphatic carbocycles. The Kier molecular flexibility index (Phi) is 3.97. The van der Waals surface area contributed by atoms with Gasteiger partial charge in [0.1, 0.15) is 5.60 Å². The number of amides is 1. The number of nitrogens with zero attached hydrogens (tertiary/aromatic N) is 4. The fourth-order valence-corrected chi connectivity index (χ4v) is 4.20. The Labute approximate surface area is 167 Å². The van der Waals surface area contributed by atoms with Crippen LogP contribution in [0.1, 0.15) is 60.0 Å². The molecule has 1 amide bonds. The van der Waals surface area contributed by atoms with Crippen molar-refractivity contribution in [2.75, 3.05) is 13.1 Å². The number of fused-ring (bicyclic) bond motifs is 2. The van der Waals surface area contributed by atoms with Crippen molar-refractivity contribution in [3.05, 3.63) is 41.9 Å². The van der Waals surface area contributed by atoms with Crippen LogP contribution in [0.2, 0.25) is 0 Å². The van der Waals surface area contributed by atoms with Crippen molar-refractivity contribution in [3.8, 4) is 5.75 Å². The molecule has 0 bridgehead atoms. The van der Waals surface area contributed by atoms with Gasteiger partial charge >= 0.3 is 0 Å². The third-order valence-electron chi connectivity index (χ3n) is 5.95. The number of aromatic nitrogens is 4. The van der Waals surface area contributed by atoms with E-state index in [0.29, 0.717) is 49.4 Å². The van der Waals surface area contributed by atoms with Crippen LogP contribution in [0.25, 0.3) is 10.9 Å². The quantitative estimate of drug-likeness (QED) is 0.722. The number of carbonyl (C=O) groups is 2. The number of likely N-dealkylation sites (tertiary alicyclic amines) is 1. The summed E-state index contributed by atoms with van der Waals surface area (Å²) in [6.07, 6.45) is 5.13. The number of Topliss-reactive ketones (excluding diaryl/α,β-unsaturated/α-hetero) is 1. The van der Waals surface area contributed by atoms with E-state index in [1.54, 1.807) is 10.9 Å². The van der Waals surface area contributed by atoms with Gasteiger partial charge in [0, 0.05) is 42.9 Å². The van der Waals surface area contributed by atoms with Crippen molar-refractivity contribution < 1.29 is 14.3 Å². The number of benzene rings is 1. The normalized spacial score (nSPS) is 18.3. The molecule has 8 heteroatoms. The molecule has 2 aliphatic heterocycles. The average molecular weight is 393 g/mol. The zero-order valence-corrected chi connectivity index (χ0v) is 16.5. The number of nitrogens with one attached hydrogen (secondary N) is 1. The monoisotopic (exact) mass is 393 g/mol. The minimum Gasteiger partial charge on any atom is -0.483 e. The third kappa shape index (κ3) is 2.99. The third-order valence-corrected chi connectivity index (χ3v) is 5.95. The minimum atomic E-state index is -0.543. The van der Waals surface area contributed by atoms with Crippen LogP contribution in [-0.4, -0.2) is 55.3 Å². The second kappa shape index (κ2) is 6.43. The predicted octanol–water partition coefficient (Wildman–Crippen LogP) is 2.98. The molecule has 5 rings (SSSR count). The van der Waals surface area contributed by atoms with Gasteiger partial charge < -0.3 is 9.64 Å². The molecule has 0 saturated carbocycles. The van der Waals surface area contributed by atoms with Crippen LogP contribution in [0.3, 0.4) is 0 Å². The molecule has 4 heterocycles. The summed E-state index contributed by atoms with van der Waals surface area (Å²) in [4.78, 5) is 27.5. The van der Waals surface area contributed by atoms with E-state index in [1.165, 1.54) is 0 Å². The number of ketones is 1. The molecule has 1 N–H and O–H groups in total. The Bertz CT molecular complexity index is 1100. The molecule has 1 saturated heterocycles. The van der Waals surface area contributed by atoms with E-state index in [9.17, 15) is 9.59 Å². The van der Waals surface area contributed by atoms with Crippen molar-refractivity contribution in [2.45, 2.75) is 44.8 Å². The second-order valence-corrected chi connectivity index (χ2v) is 8.26. The van der Waals surface area contributed by atoms with Crippen molar-refractivity contribution in [1.82, 2.24) is 24.9 Å². The first-order chi connectivity index (χ1) is 13.9. The van der Waals surface area contributed by atoms with Crippen molar-refractivity contribution in [2.24, 2.45) is 0 Å². The van der Waals surface area contributed by atoms with Gasteiger partial charge in [-0.05, 0) is 26.0 Å². The van der Waals surface area contributed by atoms with Gasteiger partial charge in [-0.3, -0.25) is 19.4 Å². The summed E-state index contributed by atoms with van der Waals surface area (Å²) < 4.78 is 8.06. The maximum Gasteiger partial charge on any atom is 0.253 e. The summed E-state index contributed by atoms with van der Waals surface area (Å²) in [6, 6.07) is 5.73. The van der Waals surface area contributed by atoms with E-state index >= 15 is 0 Å². The minimum absolute atomic E-state index is 0.00759. The van der Waals surface area contributed by atoms with Crippen LogP contribution in [0, 0.1) is 0 Å². The lowest BCUT2D eigenvalue weighted by Gasteiger charge is -2.43. The van der Waals surface area contributed by atoms with Gasteiger partial charge in [-0.1, -0.05) is 6.07 Å². The first-order valence-electron chi connectivity index (χ1n) is 9.98. The fraction of sp³-hybridized carbons (Fsp3) is 0.429. The van der Waals surface area contributed by atoms with Crippen LogP contribution in [0.4, 0.5) is 0 Å². The largest absolute Gasteiger partial charge is 0.483 e. The number of rotatable bonds is 2. The number of carbonyl (C=O) groups excluding carboxylic acids is 2. The zero-order valence-electron chi connectivity index (χ0n) is 16.5. The van der Waals surface area contributed by atoms with Gasteiger partial charge in [-0.15, -0.1) is 0 Å². The summed E-state index contributed by atoms with van der Waals surface area (Å²) in [6.45, 7) is 5.15. The summed E-state index contributed by atoms with van der Waals surface area (Å²) in [5.74, 6) is 0.585. The topological polar surface area (TPSA) is 93.1 Å². The standard InChI is InChI=1S/C21H23N5O3/c1-13(2)26-12-18-19(24-26)17(27)10-21(29-18)5-7-25(8-6-21)20(28)14-3-4-15-11-22-23-16(15)9-14/h3-4,9,11-13H,5-8,10H2,1-2H3,(H,22,23). The maximum atomic E-state index is 12.9. The van der Waals surface area contributed by atoms with E-state index in [4.69, 9.17) is 4.74 Å². The molecule has 2 aliphatic rings. The first-order valence-corrected chi connectivity index (χ1v) is 9.98. The molecule has 1 aromatic carbocycles. The molecule has 0 unspecified atom stereocenters. The molecule has 1 fully saturated rings. The lowest BCUT2D eigenvalue weighted by Crippen LogP contribution is -2.52. The average Bonchev–Trinajstić information content (AvgIpc) is 3.34. The maximum absolute atomic E-state index is 12.9. The van der Waals surface area contributed by atoms with Gasteiger partial charge in [0.2, 0.25) is 0 Å². The fourth-order valence-electron chi connectivity index (χ4n) is 4.20. The van der Waals surface area contributed by atoms with Crippen molar-refractivity contribution >= 4 is 22.6 Å². The number of hydrogen-bond donors (Lipinski definition) is 1. The van der Waals surface area contributed by atoms with E-state index in [-0.39, 0.29) is 17.7 Å². The van der Waals surface area contributed by atoms with Crippen molar-refractivity contribution in [1.29, 1.82) is 0 Å². The van der Waals surface area contributed by atoms with Gasteiger partial charge in [-0.25, -0.2) is 0 Å².